The second-order valence-corrected chi connectivity index (χ2v) is 12.3. The number of nitrogens with one attached hydrogen (secondary N) is 1. The van der Waals surface area contributed by atoms with Crippen LogP contribution < -0.4 is 5.32 Å². The fourth-order valence-corrected chi connectivity index (χ4v) is 4.76. The number of ether oxygens (including phenoxy) is 3. The van der Waals surface area contributed by atoms with Crippen LogP contribution in [0, 0.1) is 0 Å². The maximum absolute atomic E-state index is 13.1. The molecule has 0 saturated heterocycles. The van der Waals surface area contributed by atoms with Crippen LogP contribution in [0.5, 0.6) is 0 Å². The summed E-state index contributed by atoms with van der Waals surface area (Å²) in [6.07, 6.45) is -1.63. The van der Waals surface area contributed by atoms with Gasteiger partial charge in [0.15, 0.2) is 0 Å². The molecule has 11 heteroatoms. The van der Waals surface area contributed by atoms with Gasteiger partial charge in [0.2, 0.25) is 5.91 Å². The molecule has 2 aromatic rings. The lowest BCUT2D eigenvalue weighted by atomic mass is 9.98. The van der Waals surface area contributed by atoms with Crippen molar-refractivity contribution in [2.45, 2.75) is 77.5 Å². The highest BCUT2D eigenvalue weighted by Gasteiger charge is 2.31. The SMILES string of the molecule is CC(C)(C)OC(=O)CN(CC(=O)OC(C)(C)C)C(=O)CC[C@H](NC(=O)OCC1c2ccccc2-c2ccccc21)C(=O)O. The number of benzene rings is 2. The van der Waals surface area contributed by atoms with Gasteiger partial charge in [-0.1, -0.05) is 48.5 Å². The van der Waals surface area contributed by atoms with Crippen molar-refractivity contribution >= 4 is 29.9 Å². The Hall–Kier alpha value is -4.41. The smallest absolute Gasteiger partial charge is 0.407 e. The number of hydrogen-bond acceptors (Lipinski definition) is 8. The van der Waals surface area contributed by atoms with E-state index < -0.39 is 60.2 Å². The van der Waals surface area contributed by atoms with E-state index >= 15 is 0 Å². The molecule has 0 heterocycles. The Morgan fingerprint density at radius 1 is 0.814 bits per heavy atom. The molecule has 43 heavy (non-hydrogen) atoms. The largest absolute Gasteiger partial charge is 0.480 e. The number of hydrogen-bond donors (Lipinski definition) is 2. The molecule has 0 aromatic heterocycles. The Labute approximate surface area is 251 Å². The van der Waals surface area contributed by atoms with Crippen LogP contribution in [0.1, 0.15) is 71.4 Å². The number of carboxylic acid groups (broad SMARTS) is 1. The van der Waals surface area contributed by atoms with Gasteiger partial charge >= 0.3 is 24.0 Å². The molecular formula is C32H40N2O9. The monoisotopic (exact) mass is 596 g/mol. The highest BCUT2D eigenvalue weighted by atomic mass is 16.6. The standard InChI is InChI=1S/C32H40N2O9/c1-31(2,3)42-27(36)17-34(18-28(37)43-32(4,5)6)26(35)16-15-25(29(38)39)33-30(40)41-19-24-22-13-9-7-11-20(22)21-12-8-10-14-23(21)24/h7-14,24-25H,15-19H2,1-6H3,(H,33,40)(H,38,39)/t25-/m0/s1. The van der Waals surface area contributed by atoms with Gasteiger partial charge in [-0.2, -0.15) is 0 Å². The molecule has 2 amide bonds. The minimum atomic E-state index is -1.45. The lowest BCUT2D eigenvalue weighted by Gasteiger charge is -2.27. The maximum atomic E-state index is 13.1. The second kappa shape index (κ2) is 13.7. The van der Waals surface area contributed by atoms with Gasteiger partial charge in [-0.05, 0) is 70.2 Å². The third-order valence-electron chi connectivity index (χ3n) is 6.41. The molecule has 2 N–H and O–H groups in total. The lowest BCUT2D eigenvalue weighted by molar-refractivity contribution is -0.164. The van der Waals surface area contributed by atoms with E-state index in [1.165, 1.54) is 0 Å². The van der Waals surface area contributed by atoms with Crippen molar-refractivity contribution in [1.82, 2.24) is 10.2 Å². The van der Waals surface area contributed by atoms with Crippen LogP contribution in [0.4, 0.5) is 4.79 Å². The zero-order valence-electron chi connectivity index (χ0n) is 25.5. The predicted octanol–water partition coefficient (Wildman–Crippen LogP) is 4.27. The number of aliphatic carboxylic acids is 1. The Morgan fingerprint density at radius 2 is 1.28 bits per heavy atom. The fraction of sp³-hybridized carbons (Fsp3) is 0.469. The summed E-state index contributed by atoms with van der Waals surface area (Å²) >= 11 is 0. The molecular weight excluding hydrogens is 556 g/mol. The highest BCUT2D eigenvalue weighted by Crippen LogP contribution is 2.44. The van der Waals surface area contributed by atoms with E-state index in [-0.39, 0.29) is 25.4 Å². The van der Waals surface area contributed by atoms with Crippen molar-refractivity contribution in [3.8, 4) is 11.1 Å². The van der Waals surface area contributed by atoms with Crippen LogP contribution in [0.25, 0.3) is 11.1 Å². The van der Waals surface area contributed by atoms with Crippen LogP contribution in [0.2, 0.25) is 0 Å². The summed E-state index contributed by atoms with van der Waals surface area (Å²) in [5, 5.41) is 12.0. The quantitative estimate of drug-likeness (QED) is 0.287. The summed E-state index contributed by atoms with van der Waals surface area (Å²) in [6, 6.07) is 14.2. The van der Waals surface area contributed by atoms with E-state index in [2.05, 4.69) is 5.32 Å². The predicted molar refractivity (Wildman–Crippen MR) is 157 cm³/mol. The van der Waals surface area contributed by atoms with Crippen LogP contribution in [0.15, 0.2) is 48.5 Å². The van der Waals surface area contributed by atoms with Crippen LogP contribution in [0.3, 0.4) is 0 Å². The summed E-state index contributed by atoms with van der Waals surface area (Å²) in [6.45, 7) is 8.91. The Bertz CT molecular complexity index is 1280. The number of rotatable bonds is 11. The fourth-order valence-electron chi connectivity index (χ4n) is 4.76. The summed E-state index contributed by atoms with van der Waals surface area (Å²) < 4.78 is 16.0. The minimum Gasteiger partial charge on any atom is -0.480 e. The third-order valence-corrected chi connectivity index (χ3v) is 6.41. The number of carbonyl (C=O) groups excluding carboxylic acids is 4. The average molecular weight is 597 g/mol. The minimum absolute atomic E-state index is 0.00924. The zero-order valence-corrected chi connectivity index (χ0v) is 25.5. The van der Waals surface area contributed by atoms with Crippen molar-refractivity contribution in [1.29, 1.82) is 0 Å². The Balaban J connectivity index is 1.61. The molecule has 0 bridgehead atoms. The normalized spacial score (nSPS) is 13.3. The van der Waals surface area contributed by atoms with Crippen LogP contribution in [-0.2, 0) is 33.4 Å². The Kier molecular flexibility index (Phi) is 10.6. The van der Waals surface area contributed by atoms with Gasteiger partial charge in [-0.25, -0.2) is 9.59 Å². The number of alkyl carbamates (subject to hydrolysis) is 1. The van der Waals surface area contributed by atoms with E-state index in [9.17, 15) is 29.1 Å². The molecule has 0 spiro atoms. The first-order valence-electron chi connectivity index (χ1n) is 14.1. The van der Waals surface area contributed by atoms with Gasteiger partial charge in [0.25, 0.3) is 0 Å². The summed E-state index contributed by atoms with van der Waals surface area (Å²) in [5.41, 5.74) is 2.48. The molecule has 3 rings (SSSR count). The first-order valence-corrected chi connectivity index (χ1v) is 14.1. The molecule has 0 radical (unpaired) electrons. The van der Waals surface area contributed by atoms with Crippen molar-refractivity contribution in [2.24, 2.45) is 0 Å². The molecule has 232 valence electrons. The number of nitrogens with zero attached hydrogens (tertiary/aromatic N) is 1. The van der Waals surface area contributed by atoms with Crippen LogP contribution in [-0.4, -0.2) is 76.9 Å². The topological polar surface area (TPSA) is 149 Å². The van der Waals surface area contributed by atoms with Gasteiger partial charge in [-0.15, -0.1) is 0 Å². The molecule has 11 nitrogen and oxygen atoms in total. The van der Waals surface area contributed by atoms with E-state index in [1.807, 2.05) is 48.5 Å². The van der Waals surface area contributed by atoms with E-state index in [0.717, 1.165) is 27.2 Å². The molecule has 1 aliphatic rings. The second-order valence-electron chi connectivity index (χ2n) is 12.3. The van der Waals surface area contributed by atoms with Crippen molar-refractivity contribution in [3.63, 3.8) is 0 Å². The van der Waals surface area contributed by atoms with Gasteiger partial charge in [0, 0.05) is 12.3 Å². The van der Waals surface area contributed by atoms with Crippen molar-refractivity contribution < 1.29 is 43.3 Å². The number of carboxylic acids is 1. The first-order chi connectivity index (χ1) is 20.0. The summed E-state index contributed by atoms with van der Waals surface area (Å²) in [5.74, 6) is -3.74. The van der Waals surface area contributed by atoms with Gasteiger partial charge in [0.05, 0.1) is 0 Å². The molecule has 2 aromatic carbocycles. The summed E-state index contributed by atoms with van der Waals surface area (Å²) in [4.78, 5) is 63.5. The van der Waals surface area contributed by atoms with E-state index in [4.69, 9.17) is 14.2 Å². The third kappa shape index (κ3) is 9.83. The van der Waals surface area contributed by atoms with Crippen molar-refractivity contribution in [2.75, 3.05) is 19.7 Å². The number of esters is 2. The Morgan fingerprint density at radius 3 is 1.72 bits per heavy atom. The van der Waals surface area contributed by atoms with Crippen molar-refractivity contribution in [3.05, 3.63) is 59.7 Å². The molecule has 0 saturated carbocycles. The van der Waals surface area contributed by atoms with Gasteiger partial charge in [-0.3, -0.25) is 14.4 Å². The molecule has 0 unspecified atom stereocenters. The van der Waals surface area contributed by atoms with Gasteiger partial charge < -0.3 is 29.5 Å². The molecule has 0 fully saturated rings. The van der Waals surface area contributed by atoms with E-state index in [0.29, 0.717) is 0 Å². The molecule has 1 atom stereocenters. The number of carbonyl (C=O) groups is 5. The number of fused-ring (bicyclic) bond motifs is 3. The maximum Gasteiger partial charge on any atom is 0.407 e. The molecule has 1 aliphatic carbocycles. The average Bonchev–Trinajstić information content (AvgIpc) is 3.20. The highest BCUT2D eigenvalue weighted by molar-refractivity contribution is 5.87. The van der Waals surface area contributed by atoms with E-state index in [1.54, 1.807) is 41.5 Å². The summed E-state index contributed by atoms with van der Waals surface area (Å²) in [7, 11) is 0. The first kappa shape index (κ1) is 33.1. The van der Waals surface area contributed by atoms with Crippen LogP contribution >= 0.6 is 0 Å². The molecule has 0 aliphatic heterocycles. The lowest BCUT2D eigenvalue weighted by Crippen LogP contribution is -2.45. The van der Waals surface area contributed by atoms with Gasteiger partial charge in [0.1, 0.15) is 36.9 Å². The number of amides is 2. The zero-order chi connectivity index (χ0) is 31.9.